The molecule has 0 saturated carbocycles. The summed E-state index contributed by atoms with van der Waals surface area (Å²) < 4.78 is 5.89. The van der Waals surface area contributed by atoms with Gasteiger partial charge in [-0.2, -0.15) is 0 Å². The zero-order valence-electron chi connectivity index (χ0n) is 11.4. The highest BCUT2D eigenvalue weighted by atomic mass is 16.5. The standard InChI is InChI=1S/C16H25NO/c1-2-17-11-10-15(16-9-6-12-18-16)13-14-7-4-3-5-8-14/h3-5,7-8,15-17H,2,6,9-13H2,1H3/t15-,16-/m1/s1. The molecular weight excluding hydrogens is 222 g/mol. The fourth-order valence-electron chi connectivity index (χ4n) is 2.77. The molecule has 0 spiro atoms. The van der Waals surface area contributed by atoms with Crippen molar-refractivity contribution in [3.05, 3.63) is 35.9 Å². The molecule has 0 bridgehead atoms. The number of nitrogens with one attached hydrogen (secondary N) is 1. The van der Waals surface area contributed by atoms with Gasteiger partial charge in [-0.3, -0.25) is 0 Å². The fraction of sp³-hybridized carbons (Fsp3) is 0.625. The van der Waals surface area contributed by atoms with E-state index in [1.54, 1.807) is 0 Å². The van der Waals surface area contributed by atoms with Crippen LogP contribution in [0.1, 0.15) is 31.7 Å². The molecule has 0 radical (unpaired) electrons. The van der Waals surface area contributed by atoms with Gasteiger partial charge in [0.2, 0.25) is 0 Å². The second kappa shape index (κ2) is 7.55. The highest BCUT2D eigenvalue weighted by Gasteiger charge is 2.25. The summed E-state index contributed by atoms with van der Waals surface area (Å²) in [5, 5.41) is 3.43. The molecule has 100 valence electrons. The normalized spacial score (nSPS) is 21.1. The Kier molecular flexibility index (Phi) is 5.69. The van der Waals surface area contributed by atoms with E-state index in [2.05, 4.69) is 42.6 Å². The van der Waals surface area contributed by atoms with E-state index >= 15 is 0 Å². The SMILES string of the molecule is CCNCC[C@H](Cc1ccccc1)[C@H]1CCCO1. The van der Waals surface area contributed by atoms with Gasteiger partial charge in [0, 0.05) is 6.61 Å². The van der Waals surface area contributed by atoms with Gasteiger partial charge in [0.1, 0.15) is 0 Å². The molecule has 1 aromatic rings. The van der Waals surface area contributed by atoms with Crippen LogP contribution < -0.4 is 5.32 Å². The zero-order valence-corrected chi connectivity index (χ0v) is 11.4. The van der Waals surface area contributed by atoms with Gasteiger partial charge in [-0.1, -0.05) is 37.3 Å². The van der Waals surface area contributed by atoms with E-state index < -0.39 is 0 Å². The summed E-state index contributed by atoms with van der Waals surface area (Å²) in [5.74, 6) is 0.661. The predicted molar refractivity (Wildman–Crippen MR) is 75.8 cm³/mol. The van der Waals surface area contributed by atoms with Crippen LogP contribution in [0.25, 0.3) is 0 Å². The lowest BCUT2D eigenvalue weighted by Crippen LogP contribution is -2.26. The van der Waals surface area contributed by atoms with Gasteiger partial charge in [-0.25, -0.2) is 0 Å². The van der Waals surface area contributed by atoms with Crippen LogP contribution in [0.4, 0.5) is 0 Å². The highest BCUT2D eigenvalue weighted by Crippen LogP contribution is 2.26. The first-order valence-electron chi connectivity index (χ1n) is 7.26. The predicted octanol–water partition coefficient (Wildman–Crippen LogP) is 3.02. The minimum atomic E-state index is 0.476. The smallest absolute Gasteiger partial charge is 0.0607 e. The topological polar surface area (TPSA) is 21.3 Å². The maximum absolute atomic E-state index is 5.89. The van der Waals surface area contributed by atoms with Crippen molar-refractivity contribution in [1.29, 1.82) is 0 Å². The zero-order chi connectivity index (χ0) is 12.6. The van der Waals surface area contributed by atoms with Crippen LogP contribution in [-0.2, 0) is 11.2 Å². The van der Waals surface area contributed by atoms with E-state index in [-0.39, 0.29) is 0 Å². The van der Waals surface area contributed by atoms with E-state index in [1.165, 1.54) is 24.8 Å². The Balaban J connectivity index is 1.90. The average Bonchev–Trinajstić information content (AvgIpc) is 2.93. The van der Waals surface area contributed by atoms with Gasteiger partial charge >= 0.3 is 0 Å². The molecule has 2 heteroatoms. The minimum absolute atomic E-state index is 0.476. The number of hydrogen-bond acceptors (Lipinski definition) is 2. The lowest BCUT2D eigenvalue weighted by Gasteiger charge is -2.23. The summed E-state index contributed by atoms with van der Waals surface area (Å²) >= 11 is 0. The van der Waals surface area contributed by atoms with E-state index in [9.17, 15) is 0 Å². The van der Waals surface area contributed by atoms with E-state index in [1.807, 2.05) is 0 Å². The van der Waals surface area contributed by atoms with Gasteiger partial charge in [-0.05, 0) is 50.3 Å². The van der Waals surface area contributed by atoms with Crippen molar-refractivity contribution in [2.24, 2.45) is 5.92 Å². The Labute approximate surface area is 111 Å². The monoisotopic (exact) mass is 247 g/mol. The van der Waals surface area contributed by atoms with Crippen LogP contribution in [0.2, 0.25) is 0 Å². The second-order valence-corrected chi connectivity index (χ2v) is 5.14. The van der Waals surface area contributed by atoms with Crippen LogP contribution in [0.15, 0.2) is 30.3 Å². The van der Waals surface area contributed by atoms with E-state index in [4.69, 9.17) is 4.74 Å². The molecule has 0 unspecified atom stereocenters. The van der Waals surface area contributed by atoms with Crippen LogP contribution in [0, 0.1) is 5.92 Å². The van der Waals surface area contributed by atoms with Crippen molar-refractivity contribution < 1.29 is 4.74 Å². The third-order valence-corrected chi connectivity index (χ3v) is 3.77. The summed E-state index contributed by atoms with van der Waals surface area (Å²) in [7, 11) is 0. The first-order chi connectivity index (χ1) is 8.90. The highest BCUT2D eigenvalue weighted by molar-refractivity contribution is 5.15. The van der Waals surface area contributed by atoms with Crippen LogP contribution >= 0.6 is 0 Å². The van der Waals surface area contributed by atoms with Crippen molar-refractivity contribution in [2.75, 3.05) is 19.7 Å². The molecule has 1 fully saturated rings. The number of benzene rings is 1. The average molecular weight is 247 g/mol. The molecule has 2 nitrogen and oxygen atoms in total. The maximum atomic E-state index is 5.89. The van der Waals surface area contributed by atoms with Crippen LogP contribution in [-0.4, -0.2) is 25.8 Å². The maximum Gasteiger partial charge on any atom is 0.0607 e. The lowest BCUT2D eigenvalue weighted by molar-refractivity contribution is 0.0596. The van der Waals surface area contributed by atoms with E-state index in [0.717, 1.165) is 26.1 Å². The van der Waals surface area contributed by atoms with Gasteiger partial charge < -0.3 is 10.1 Å². The first-order valence-corrected chi connectivity index (χ1v) is 7.26. The van der Waals surface area contributed by atoms with Crippen molar-refractivity contribution in [1.82, 2.24) is 5.32 Å². The Hall–Kier alpha value is -0.860. The Morgan fingerprint density at radius 2 is 2.17 bits per heavy atom. The van der Waals surface area contributed by atoms with Crippen LogP contribution in [0.5, 0.6) is 0 Å². The molecule has 2 rings (SSSR count). The van der Waals surface area contributed by atoms with Crippen molar-refractivity contribution in [2.45, 2.75) is 38.7 Å². The molecule has 1 aliphatic heterocycles. The molecule has 1 N–H and O–H groups in total. The third-order valence-electron chi connectivity index (χ3n) is 3.77. The molecule has 1 heterocycles. The van der Waals surface area contributed by atoms with Gasteiger partial charge in [0.05, 0.1) is 6.10 Å². The summed E-state index contributed by atoms with van der Waals surface area (Å²) in [4.78, 5) is 0. The Bertz CT molecular complexity index is 319. The molecule has 0 aromatic heterocycles. The molecule has 0 amide bonds. The first kappa shape index (κ1) is 13.6. The van der Waals surface area contributed by atoms with Crippen molar-refractivity contribution in [3.8, 4) is 0 Å². The fourth-order valence-corrected chi connectivity index (χ4v) is 2.77. The largest absolute Gasteiger partial charge is 0.378 e. The molecular formula is C16H25NO. The summed E-state index contributed by atoms with van der Waals surface area (Å²) in [6, 6.07) is 10.8. The molecule has 18 heavy (non-hydrogen) atoms. The van der Waals surface area contributed by atoms with Crippen molar-refractivity contribution in [3.63, 3.8) is 0 Å². The number of ether oxygens (including phenoxy) is 1. The second-order valence-electron chi connectivity index (χ2n) is 5.14. The molecule has 0 aliphatic carbocycles. The lowest BCUT2D eigenvalue weighted by atomic mass is 9.89. The Morgan fingerprint density at radius 3 is 2.83 bits per heavy atom. The molecule has 1 aliphatic rings. The molecule has 1 saturated heterocycles. The number of rotatable bonds is 7. The van der Waals surface area contributed by atoms with Gasteiger partial charge in [0.25, 0.3) is 0 Å². The summed E-state index contributed by atoms with van der Waals surface area (Å²) in [6.07, 6.45) is 5.31. The van der Waals surface area contributed by atoms with Gasteiger partial charge in [-0.15, -0.1) is 0 Å². The van der Waals surface area contributed by atoms with Crippen molar-refractivity contribution >= 4 is 0 Å². The van der Waals surface area contributed by atoms with E-state index in [0.29, 0.717) is 12.0 Å². The molecule has 1 aromatic carbocycles. The third kappa shape index (κ3) is 4.11. The summed E-state index contributed by atoms with van der Waals surface area (Å²) in [6.45, 7) is 5.28. The Morgan fingerprint density at radius 1 is 1.33 bits per heavy atom. The van der Waals surface area contributed by atoms with Gasteiger partial charge in [0.15, 0.2) is 0 Å². The molecule has 2 atom stereocenters. The minimum Gasteiger partial charge on any atom is -0.378 e. The summed E-state index contributed by atoms with van der Waals surface area (Å²) in [5.41, 5.74) is 1.44. The van der Waals surface area contributed by atoms with Crippen LogP contribution in [0.3, 0.4) is 0 Å². The quantitative estimate of drug-likeness (QED) is 0.748. The number of hydrogen-bond donors (Lipinski definition) is 1.